The second-order valence-electron chi connectivity index (χ2n) is 4.10. The van der Waals surface area contributed by atoms with Crippen molar-refractivity contribution in [1.82, 2.24) is 10.4 Å². The third kappa shape index (κ3) is 3.47. The van der Waals surface area contributed by atoms with E-state index in [1.54, 1.807) is 0 Å². The Balaban J connectivity index is 2.26. The molecule has 1 aromatic heterocycles. The Morgan fingerprint density at radius 1 is 1.21 bits per heavy atom. The Morgan fingerprint density at radius 3 is 2.68 bits per heavy atom. The predicted molar refractivity (Wildman–Crippen MR) is 69.4 cm³/mol. The van der Waals surface area contributed by atoms with E-state index in [-0.39, 0.29) is 5.82 Å². The number of hydrogen-bond donors (Lipinski definition) is 2. The van der Waals surface area contributed by atoms with Crippen molar-refractivity contribution in [2.75, 3.05) is 0 Å². The van der Waals surface area contributed by atoms with E-state index in [1.165, 1.54) is 30.5 Å². The van der Waals surface area contributed by atoms with E-state index in [1.807, 2.05) is 0 Å². The fourth-order valence-corrected chi connectivity index (χ4v) is 2.01. The minimum atomic E-state index is -0.455. The average molecular weight is 284 g/mol. The summed E-state index contributed by atoms with van der Waals surface area (Å²) in [6.45, 7) is 0. The summed E-state index contributed by atoms with van der Waals surface area (Å²) < 4.78 is 26.3. The molecule has 0 saturated heterocycles. The molecular weight excluding hydrogens is 272 g/mol. The number of nitrogens with two attached hydrogens (primary N) is 1. The number of halogens is 3. The maximum Gasteiger partial charge on any atom is 0.141 e. The van der Waals surface area contributed by atoms with E-state index < -0.39 is 11.9 Å². The Morgan fingerprint density at radius 2 is 2.00 bits per heavy atom. The van der Waals surface area contributed by atoms with Gasteiger partial charge in [0.1, 0.15) is 11.6 Å². The van der Waals surface area contributed by atoms with Gasteiger partial charge in [0.15, 0.2) is 0 Å². The van der Waals surface area contributed by atoms with Crippen LogP contribution in [0.2, 0.25) is 5.02 Å². The molecule has 19 heavy (non-hydrogen) atoms. The van der Waals surface area contributed by atoms with Gasteiger partial charge in [-0.05, 0) is 41.8 Å². The SMILES string of the molecule is NNC(Cc1cc(F)ccc1Cl)c1cncc(F)c1. The van der Waals surface area contributed by atoms with Crippen molar-refractivity contribution >= 4 is 11.6 Å². The number of nitrogens with one attached hydrogen (secondary N) is 1. The quantitative estimate of drug-likeness (QED) is 0.670. The zero-order valence-corrected chi connectivity index (χ0v) is 10.7. The minimum Gasteiger partial charge on any atom is -0.271 e. The molecule has 0 radical (unpaired) electrons. The monoisotopic (exact) mass is 283 g/mol. The van der Waals surface area contributed by atoms with Gasteiger partial charge in [0, 0.05) is 11.2 Å². The molecule has 100 valence electrons. The Hall–Kier alpha value is -1.56. The van der Waals surface area contributed by atoms with Crippen LogP contribution < -0.4 is 11.3 Å². The van der Waals surface area contributed by atoms with Crippen LogP contribution in [0.5, 0.6) is 0 Å². The average Bonchev–Trinajstić information content (AvgIpc) is 2.39. The molecule has 3 N–H and O–H groups in total. The lowest BCUT2D eigenvalue weighted by Gasteiger charge is -2.17. The van der Waals surface area contributed by atoms with Crippen LogP contribution in [0.4, 0.5) is 8.78 Å². The van der Waals surface area contributed by atoms with Gasteiger partial charge in [0.25, 0.3) is 0 Å². The molecule has 0 aliphatic heterocycles. The number of rotatable bonds is 4. The second kappa shape index (κ2) is 6.06. The van der Waals surface area contributed by atoms with Crippen molar-refractivity contribution in [2.24, 2.45) is 5.84 Å². The first-order valence-corrected chi connectivity index (χ1v) is 5.98. The normalized spacial score (nSPS) is 12.4. The van der Waals surface area contributed by atoms with Crippen LogP contribution in [-0.2, 0) is 6.42 Å². The van der Waals surface area contributed by atoms with Gasteiger partial charge >= 0.3 is 0 Å². The molecule has 1 unspecified atom stereocenters. The Bertz CT molecular complexity index is 578. The molecule has 1 aromatic carbocycles. The highest BCUT2D eigenvalue weighted by atomic mass is 35.5. The summed E-state index contributed by atoms with van der Waals surface area (Å²) in [4.78, 5) is 3.76. The topological polar surface area (TPSA) is 50.9 Å². The molecule has 3 nitrogen and oxygen atoms in total. The van der Waals surface area contributed by atoms with E-state index in [2.05, 4.69) is 10.4 Å². The third-order valence-electron chi connectivity index (χ3n) is 2.76. The first-order valence-electron chi connectivity index (χ1n) is 5.60. The summed E-state index contributed by atoms with van der Waals surface area (Å²) in [5.74, 6) is 4.62. The second-order valence-corrected chi connectivity index (χ2v) is 4.50. The van der Waals surface area contributed by atoms with Crippen LogP contribution in [0.25, 0.3) is 0 Å². The molecule has 0 amide bonds. The minimum absolute atomic E-state index is 0.332. The molecule has 0 spiro atoms. The van der Waals surface area contributed by atoms with Crippen molar-refractivity contribution in [3.63, 3.8) is 0 Å². The third-order valence-corrected chi connectivity index (χ3v) is 3.13. The van der Waals surface area contributed by atoms with E-state index in [4.69, 9.17) is 17.4 Å². The number of nitrogens with zero attached hydrogens (tertiary/aromatic N) is 1. The lowest BCUT2D eigenvalue weighted by molar-refractivity contribution is 0.538. The molecular formula is C13H12ClF2N3. The smallest absolute Gasteiger partial charge is 0.141 e. The highest BCUT2D eigenvalue weighted by Crippen LogP contribution is 2.24. The molecule has 6 heteroatoms. The van der Waals surface area contributed by atoms with Gasteiger partial charge in [-0.15, -0.1) is 0 Å². The van der Waals surface area contributed by atoms with E-state index >= 15 is 0 Å². The van der Waals surface area contributed by atoms with Crippen LogP contribution in [-0.4, -0.2) is 4.98 Å². The highest BCUT2D eigenvalue weighted by molar-refractivity contribution is 6.31. The van der Waals surface area contributed by atoms with Crippen molar-refractivity contribution < 1.29 is 8.78 Å². The van der Waals surface area contributed by atoms with Crippen LogP contribution in [0.3, 0.4) is 0 Å². The van der Waals surface area contributed by atoms with Gasteiger partial charge in [-0.1, -0.05) is 11.6 Å². The number of pyridine rings is 1. The van der Waals surface area contributed by atoms with Crippen molar-refractivity contribution in [3.8, 4) is 0 Å². The number of hydrogen-bond acceptors (Lipinski definition) is 3. The molecule has 0 aliphatic carbocycles. The predicted octanol–water partition coefficient (Wildman–Crippen LogP) is 2.76. The Kier molecular flexibility index (Phi) is 4.42. The number of hydrazine groups is 1. The van der Waals surface area contributed by atoms with Crippen LogP contribution >= 0.6 is 11.6 Å². The van der Waals surface area contributed by atoms with Crippen LogP contribution in [0.1, 0.15) is 17.2 Å². The fourth-order valence-electron chi connectivity index (χ4n) is 1.81. The zero-order chi connectivity index (χ0) is 13.8. The standard InChI is InChI=1S/C13H12ClF2N3/c14-12-2-1-10(15)3-8(12)5-13(19-17)9-4-11(16)7-18-6-9/h1-4,6-7,13,19H,5,17H2. The van der Waals surface area contributed by atoms with Crippen LogP contribution in [0, 0.1) is 11.6 Å². The van der Waals surface area contributed by atoms with Crippen molar-refractivity contribution in [2.45, 2.75) is 12.5 Å². The summed E-state index contributed by atoms with van der Waals surface area (Å²) >= 11 is 5.99. The van der Waals surface area contributed by atoms with Crippen LogP contribution in [0.15, 0.2) is 36.7 Å². The number of benzene rings is 1. The summed E-state index contributed by atoms with van der Waals surface area (Å²) in [6, 6.07) is 5.01. The van der Waals surface area contributed by atoms with Gasteiger partial charge in [-0.25, -0.2) is 8.78 Å². The molecule has 0 saturated carbocycles. The lowest BCUT2D eigenvalue weighted by Crippen LogP contribution is -2.29. The maximum atomic E-state index is 13.2. The first-order chi connectivity index (χ1) is 9.10. The molecule has 1 atom stereocenters. The lowest BCUT2D eigenvalue weighted by atomic mass is 10.0. The number of aromatic nitrogens is 1. The van der Waals surface area contributed by atoms with E-state index in [0.717, 1.165) is 6.20 Å². The summed E-state index contributed by atoms with van der Waals surface area (Å²) in [7, 11) is 0. The summed E-state index contributed by atoms with van der Waals surface area (Å²) in [5.41, 5.74) is 3.72. The van der Waals surface area contributed by atoms with Gasteiger partial charge < -0.3 is 0 Å². The molecule has 0 fully saturated rings. The maximum absolute atomic E-state index is 13.2. The fraction of sp³-hybridized carbons (Fsp3) is 0.154. The van der Waals surface area contributed by atoms with Crippen molar-refractivity contribution in [3.05, 3.63) is 64.4 Å². The van der Waals surface area contributed by atoms with E-state index in [0.29, 0.717) is 22.6 Å². The molecule has 2 rings (SSSR count). The van der Waals surface area contributed by atoms with Crippen molar-refractivity contribution in [1.29, 1.82) is 0 Å². The summed E-state index contributed by atoms with van der Waals surface area (Å²) in [6.07, 6.45) is 2.94. The van der Waals surface area contributed by atoms with Gasteiger partial charge in [0.05, 0.1) is 12.2 Å². The molecule has 1 heterocycles. The largest absolute Gasteiger partial charge is 0.271 e. The Labute approximate surface area is 114 Å². The zero-order valence-electron chi connectivity index (χ0n) is 9.91. The molecule has 0 bridgehead atoms. The van der Waals surface area contributed by atoms with Gasteiger partial charge in [-0.2, -0.15) is 0 Å². The summed E-state index contributed by atoms with van der Waals surface area (Å²) in [5, 5.41) is 0.436. The first kappa shape index (κ1) is 13.9. The highest BCUT2D eigenvalue weighted by Gasteiger charge is 2.14. The molecule has 2 aromatic rings. The van der Waals surface area contributed by atoms with Gasteiger partial charge in [-0.3, -0.25) is 16.3 Å². The molecule has 0 aliphatic rings. The van der Waals surface area contributed by atoms with Gasteiger partial charge in [0.2, 0.25) is 0 Å². The van der Waals surface area contributed by atoms with E-state index in [9.17, 15) is 8.78 Å².